The lowest BCUT2D eigenvalue weighted by Gasteiger charge is -2.23. The highest BCUT2D eigenvalue weighted by atomic mass is 35.5. The van der Waals surface area contributed by atoms with E-state index in [1.54, 1.807) is 6.08 Å². The van der Waals surface area contributed by atoms with Gasteiger partial charge in [0.15, 0.2) is 0 Å². The third kappa shape index (κ3) is 4.49. The number of halogens is 1. The van der Waals surface area contributed by atoms with Crippen molar-refractivity contribution in [2.75, 3.05) is 0 Å². The van der Waals surface area contributed by atoms with Gasteiger partial charge in [-0.1, -0.05) is 26.8 Å². The van der Waals surface area contributed by atoms with Gasteiger partial charge in [0.2, 0.25) is 0 Å². The first kappa shape index (κ1) is 11.7. The number of hydrogen-bond donors (Lipinski definition) is 1. The molecule has 1 unspecified atom stereocenters. The van der Waals surface area contributed by atoms with E-state index in [4.69, 9.17) is 5.73 Å². The molecule has 0 amide bonds. The van der Waals surface area contributed by atoms with Crippen molar-refractivity contribution in [2.45, 2.75) is 26.8 Å². The van der Waals surface area contributed by atoms with Crippen LogP contribution in [0, 0.1) is 5.41 Å². The van der Waals surface area contributed by atoms with Gasteiger partial charge in [0, 0.05) is 6.04 Å². The van der Waals surface area contributed by atoms with Gasteiger partial charge in [0.25, 0.3) is 0 Å². The van der Waals surface area contributed by atoms with Gasteiger partial charge in [-0.05, 0) is 5.41 Å². The summed E-state index contributed by atoms with van der Waals surface area (Å²) in [5.74, 6) is 0. The predicted molar refractivity (Wildman–Crippen MR) is 44.9 cm³/mol. The zero-order valence-electron chi connectivity index (χ0n) is 6.35. The van der Waals surface area contributed by atoms with Crippen molar-refractivity contribution in [2.24, 2.45) is 11.1 Å². The highest BCUT2D eigenvalue weighted by molar-refractivity contribution is 5.85. The van der Waals surface area contributed by atoms with Crippen LogP contribution < -0.4 is 5.73 Å². The van der Waals surface area contributed by atoms with Crippen LogP contribution in [0.25, 0.3) is 0 Å². The topological polar surface area (TPSA) is 26.0 Å². The van der Waals surface area contributed by atoms with E-state index in [0.717, 1.165) is 0 Å². The van der Waals surface area contributed by atoms with Gasteiger partial charge in [-0.25, -0.2) is 0 Å². The third-order valence-corrected chi connectivity index (χ3v) is 1.25. The fraction of sp³-hybridized carbons (Fsp3) is 0.714. The number of hydrogen-bond acceptors (Lipinski definition) is 1. The molecule has 9 heavy (non-hydrogen) atoms. The first-order valence-corrected chi connectivity index (χ1v) is 2.86. The van der Waals surface area contributed by atoms with E-state index in [2.05, 4.69) is 27.4 Å². The summed E-state index contributed by atoms with van der Waals surface area (Å²) in [6, 6.07) is 0.113. The van der Waals surface area contributed by atoms with Gasteiger partial charge in [-0.15, -0.1) is 19.0 Å². The third-order valence-electron chi connectivity index (χ3n) is 1.25. The average Bonchev–Trinajstić information content (AvgIpc) is 1.62. The molecule has 1 atom stereocenters. The van der Waals surface area contributed by atoms with Crippen LogP contribution in [0.1, 0.15) is 20.8 Å². The van der Waals surface area contributed by atoms with Crippen LogP contribution in [0.3, 0.4) is 0 Å². The Bertz CT molecular complexity index is 83.4. The smallest absolute Gasteiger partial charge is 0.0270 e. The van der Waals surface area contributed by atoms with Gasteiger partial charge in [-0.3, -0.25) is 0 Å². The van der Waals surface area contributed by atoms with E-state index in [-0.39, 0.29) is 23.9 Å². The second kappa shape index (κ2) is 3.91. The van der Waals surface area contributed by atoms with Gasteiger partial charge in [0.1, 0.15) is 0 Å². The van der Waals surface area contributed by atoms with Gasteiger partial charge < -0.3 is 5.73 Å². The molecule has 0 aromatic heterocycles. The number of nitrogens with two attached hydrogens (primary N) is 1. The summed E-state index contributed by atoms with van der Waals surface area (Å²) in [6.07, 6.45) is 1.78. The molecule has 56 valence electrons. The second-order valence-corrected chi connectivity index (χ2v) is 3.13. The average molecular weight is 150 g/mol. The molecular weight excluding hydrogens is 134 g/mol. The van der Waals surface area contributed by atoms with Crippen LogP contribution in [0.15, 0.2) is 12.7 Å². The summed E-state index contributed by atoms with van der Waals surface area (Å²) in [6.45, 7) is 9.89. The summed E-state index contributed by atoms with van der Waals surface area (Å²) in [5, 5.41) is 0. The number of rotatable bonds is 1. The molecule has 0 saturated heterocycles. The molecule has 0 spiro atoms. The first-order chi connectivity index (χ1) is 3.48. The summed E-state index contributed by atoms with van der Waals surface area (Å²) in [5.41, 5.74) is 5.80. The minimum Gasteiger partial charge on any atom is -0.324 e. The molecule has 1 nitrogen and oxygen atoms in total. The molecule has 0 aliphatic carbocycles. The SMILES string of the molecule is C=CC(N)C(C)(C)C.Cl. The Morgan fingerprint density at radius 3 is 1.78 bits per heavy atom. The zero-order chi connectivity index (χ0) is 6.78. The van der Waals surface area contributed by atoms with Crippen molar-refractivity contribution >= 4 is 12.4 Å². The van der Waals surface area contributed by atoms with Crippen LogP contribution in [0.2, 0.25) is 0 Å². The summed E-state index contributed by atoms with van der Waals surface area (Å²) in [7, 11) is 0. The molecule has 0 radical (unpaired) electrons. The van der Waals surface area contributed by atoms with Gasteiger partial charge in [-0.2, -0.15) is 0 Å². The van der Waals surface area contributed by atoms with Gasteiger partial charge >= 0.3 is 0 Å². The minimum atomic E-state index is 0. The molecular formula is C7H16ClN. The molecule has 2 N–H and O–H groups in total. The lowest BCUT2D eigenvalue weighted by Crippen LogP contribution is -2.32. The Morgan fingerprint density at radius 1 is 1.44 bits per heavy atom. The van der Waals surface area contributed by atoms with Crippen molar-refractivity contribution < 1.29 is 0 Å². The molecule has 0 bridgehead atoms. The zero-order valence-corrected chi connectivity index (χ0v) is 7.16. The molecule has 0 aliphatic heterocycles. The molecule has 0 fully saturated rings. The molecule has 0 aromatic rings. The van der Waals surface area contributed by atoms with Crippen molar-refractivity contribution in [1.82, 2.24) is 0 Å². The maximum Gasteiger partial charge on any atom is 0.0270 e. The lowest BCUT2D eigenvalue weighted by atomic mass is 9.88. The standard InChI is InChI=1S/C7H15N.ClH/c1-5-6(8)7(2,3)4;/h5-6H,1,8H2,2-4H3;1H. The Balaban J connectivity index is 0. The highest BCUT2D eigenvalue weighted by Crippen LogP contribution is 2.16. The van der Waals surface area contributed by atoms with Gasteiger partial charge in [0.05, 0.1) is 0 Å². The van der Waals surface area contributed by atoms with Crippen molar-refractivity contribution in [3.05, 3.63) is 12.7 Å². The molecule has 2 heteroatoms. The van der Waals surface area contributed by atoms with E-state index in [0.29, 0.717) is 0 Å². The highest BCUT2D eigenvalue weighted by Gasteiger charge is 2.16. The lowest BCUT2D eigenvalue weighted by molar-refractivity contribution is 0.366. The van der Waals surface area contributed by atoms with Crippen LogP contribution in [0.4, 0.5) is 0 Å². The predicted octanol–water partition coefficient (Wildman–Crippen LogP) is 1.97. The Kier molecular flexibility index (Phi) is 5.11. The van der Waals surface area contributed by atoms with Crippen LogP contribution in [-0.2, 0) is 0 Å². The largest absolute Gasteiger partial charge is 0.324 e. The molecule has 0 rings (SSSR count). The molecule has 0 saturated carbocycles. The minimum absolute atomic E-state index is 0. The molecule has 0 aliphatic rings. The quantitative estimate of drug-likeness (QED) is 0.567. The molecule has 0 aromatic carbocycles. The van der Waals surface area contributed by atoms with E-state index in [1.807, 2.05) is 0 Å². The van der Waals surface area contributed by atoms with E-state index >= 15 is 0 Å². The Hall–Kier alpha value is -0.0100. The normalized spacial score (nSPS) is 13.8. The van der Waals surface area contributed by atoms with E-state index in [9.17, 15) is 0 Å². The Morgan fingerprint density at radius 2 is 1.78 bits per heavy atom. The first-order valence-electron chi connectivity index (χ1n) is 2.86. The van der Waals surface area contributed by atoms with Crippen LogP contribution >= 0.6 is 12.4 Å². The molecule has 0 heterocycles. The van der Waals surface area contributed by atoms with Crippen molar-refractivity contribution in [3.8, 4) is 0 Å². The Labute approximate surface area is 63.7 Å². The fourth-order valence-electron chi connectivity index (χ4n) is 0.354. The second-order valence-electron chi connectivity index (χ2n) is 3.13. The van der Waals surface area contributed by atoms with Crippen LogP contribution in [-0.4, -0.2) is 6.04 Å². The van der Waals surface area contributed by atoms with E-state index < -0.39 is 0 Å². The van der Waals surface area contributed by atoms with Crippen molar-refractivity contribution in [3.63, 3.8) is 0 Å². The summed E-state index contributed by atoms with van der Waals surface area (Å²) < 4.78 is 0. The summed E-state index contributed by atoms with van der Waals surface area (Å²) in [4.78, 5) is 0. The summed E-state index contributed by atoms with van der Waals surface area (Å²) >= 11 is 0. The van der Waals surface area contributed by atoms with Crippen molar-refractivity contribution in [1.29, 1.82) is 0 Å². The maximum atomic E-state index is 5.63. The van der Waals surface area contributed by atoms with E-state index in [1.165, 1.54) is 0 Å². The maximum absolute atomic E-state index is 5.63. The fourth-order valence-corrected chi connectivity index (χ4v) is 0.354. The monoisotopic (exact) mass is 149 g/mol. The van der Waals surface area contributed by atoms with Crippen LogP contribution in [0.5, 0.6) is 0 Å².